The van der Waals surface area contributed by atoms with Crippen molar-refractivity contribution in [2.75, 3.05) is 12.4 Å². The minimum Gasteiger partial charge on any atom is -0.370 e. The average molecular weight is 324 g/mol. The molecule has 8 heteroatoms. The number of H-pyrrole nitrogens is 1. The number of nitrogens with zero attached hydrogens (tertiary/aromatic N) is 2. The summed E-state index contributed by atoms with van der Waals surface area (Å²) in [5.41, 5.74) is 0. The molecule has 1 aliphatic rings. The highest BCUT2D eigenvalue weighted by molar-refractivity contribution is 7.99. The van der Waals surface area contributed by atoms with Crippen LogP contribution in [0.4, 0.5) is 0 Å². The van der Waals surface area contributed by atoms with Gasteiger partial charge < -0.3 is 10.1 Å². The van der Waals surface area contributed by atoms with Crippen molar-refractivity contribution in [3.8, 4) is 0 Å². The van der Waals surface area contributed by atoms with Gasteiger partial charge in [-0.05, 0) is 24.3 Å². The maximum absolute atomic E-state index is 11.8. The number of thioether (sulfide) groups is 1. The SMILES string of the molecule is O=C(CSc1n[nH]c([C@@H]2CCCO2)n1)NCc1cccs1. The van der Waals surface area contributed by atoms with Crippen LogP contribution >= 0.6 is 23.1 Å². The minimum absolute atomic E-state index is 0.0168. The van der Waals surface area contributed by atoms with Crippen LogP contribution in [0.2, 0.25) is 0 Å². The first-order chi connectivity index (χ1) is 10.3. The standard InChI is InChI=1S/C13H16N4O2S2/c18-11(14-7-9-3-2-6-20-9)8-21-13-15-12(16-17-13)10-4-1-5-19-10/h2-3,6,10H,1,4-5,7-8H2,(H,14,18)(H,15,16,17)/t10-/m0/s1. The van der Waals surface area contributed by atoms with E-state index in [4.69, 9.17) is 4.74 Å². The number of rotatable bonds is 6. The van der Waals surface area contributed by atoms with Crippen molar-refractivity contribution in [3.63, 3.8) is 0 Å². The molecule has 112 valence electrons. The summed E-state index contributed by atoms with van der Waals surface area (Å²) >= 11 is 2.96. The molecule has 2 aromatic heterocycles. The molecule has 1 aliphatic heterocycles. The molecule has 1 atom stereocenters. The Bertz CT molecular complexity index is 579. The lowest BCUT2D eigenvalue weighted by Gasteiger charge is -2.03. The molecule has 0 radical (unpaired) electrons. The number of hydrogen-bond acceptors (Lipinski definition) is 6. The number of carbonyl (C=O) groups excluding carboxylic acids is 1. The normalized spacial score (nSPS) is 18.0. The quantitative estimate of drug-likeness (QED) is 0.796. The zero-order valence-electron chi connectivity index (χ0n) is 11.4. The third kappa shape index (κ3) is 4.05. The highest BCUT2D eigenvalue weighted by atomic mass is 32.2. The van der Waals surface area contributed by atoms with E-state index in [1.54, 1.807) is 11.3 Å². The Morgan fingerprint density at radius 3 is 3.33 bits per heavy atom. The Labute approximate surface area is 130 Å². The van der Waals surface area contributed by atoms with E-state index in [9.17, 15) is 4.79 Å². The Morgan fingerprint density at radius 1 is 1.62 bits per heavy atom. The van der Waals surface area contributed by atoms with E-state index in [1.165, 1.54) is 11.8 Å². The molecular weight excluding hydrogens is 308 g/mol. The molecule has 2 aromatic rings. The van der Waals surface area contributed by atoms with Crippen molar-refractivity contribution < 1.29 is 9.53 Å². The number of carbonyl (C=O) groups is 1. The van der Waals surface area contributed by atoms with Crippen molar-refractivity contribution in [1.82, 2.24) is 20.5 Å². The fourth-order valence-electron chi connectivity index (χ4n) is 2.04. The van der Waals surface area contributed by atoms with Gasteiger partial charge in [0, 0.05) is 11.5 Å². The number of aromatic nitrogens is 3. The first-order valence-electron chi connectivity index (χ1n) is 6.77. The summed E-state index contributed by atoms with van der Waals surface area (Å²) in [5, 5.41) is 12.5. The first kappa shape index (κ1) is 14.6. The summed E-state index contributed by atoms with van der Waals surface area (Å²) in [6.07, 6.45) is 2.05. The van der Waals surface area contributed by atoms with Gasteiger partial charge in [0.1, 0.15) is 6.10 Å². The molecule has 6 nitrogen and oxygen atoms in total. The molecule has 0 spiro atoms. The predicted molar refractivity (Wildman–Crippen MR) is 81.2 cm³/mol. The number of nitrogens with one attached hydrogen (secondary N) is 2. The molecule has 2 N–H and O–H groups in total. The molecule has 0 saturated carbocycles. The Hall–Kier alpha value is -1.38. The van der Waals surface area contributed by atoms with E-state index < -0.39 is 0 Å². The van der Waals surface area contributed by atoms with Gasteiger partial charge >= 0.3 is 0 Å². The van der Waals surface area contributed by atoms with Gasteiger partial charge in [0.25, 0.3) is 0 Å². The third-order valence-corrected chi connectivity index (χ3v) is 4.81. The van der Waals surface area contributed by atoms with E-state index in [0.29, 0.717) is 17.5 Å². The second kappa shape index (κ2) is 7.06. The zero-order chi connectivity index (χ0) is 14.5. The van der Waals surface area contributed by atoms with Gasteiger partial charge in [-0.3, -0.25) is 9.89 Å². The maximum Gasteiger partial charge on any atom is 0.230 e. The van der Waals surface area contributed by atoms with Gasteiger partial charge in [0.05, 0.1) is 12.3 Å². The fraction of sp³-hybridized carbons (Fsp3) is 0.462. The topological polar surface area (TPSA) is 79.9 Å². The molecule has 1 saturated heterocycles. The highest BCUT2D eigenvalue weighted by Gasteiger charge is 2.21. The van der Waals surface area contributed by atoms with E-state index in [-0.39, 0.29) is 12.0 Å². The monoisotopic (exact) mass is 324 g/mol. The van der Waals surface area contributed by atoms with Gasteiger partial charge in [-0.15, -0.1) is 16.4 Å². The summed E-state index contributed by atoms with van der Waals surface area (Å²) in [4.78, 5) is 17.3. The van der Waals surface area contributed by atoms with Crippen LogP contribution in [0.25, 0.3) is 0 Å². The maximum atomic E-state index is 11.8. The van der Waals surface area contributed by atoms with Crippen molar-refractivity contribution in [2.24, 2.45) is 0 Å². The fourth-order valence-corrected chi connectivity index (χ4v) is 3.32. The molecular formula is C13H16N4O2S2. The summed E-state index contributed by atoms with van der Waals surface area (Å²) in [7, 11) is 0. The van der Waals surface area contributed by atoms with Crippen molar-refractivity contribution in [3.05, 3.63) is 28.2 Å². The number of amides is 1. The smallest absolute Gasteiger partial charge is 0.230 e. The molecule has 3 rings (SSSR count). The van der Waals surface area contributed by atoms with Crippen molar-refractivity contribution in [2.45, 2.75) is 30.6 Å². The Balaban J connectivity index is 1.43. The third-order valence-electron chi connectivity index (χ3n) is 3.09. The van der Waals surface area contributed by atoms with E-state index in [1.807, 2.05) is 17.5 Å². The molecule has 0 unspecified atom stereocenters. The van der Waals surface area contributed by atoms with Crippen LogP contribution in [0, 0.1) is 0 Å². The lowest BCUT2D eigenvalue weighted by molar-refractivity contribution is -0.118. The Kier molecular flexibility index (Phi) is 4.89. The van der Waals surface area contributed by atoms with Gasteiger partial charge in [-0.1, -0.05) is 17.8 Å². The van der Waals surface area contributed by atoms with E-state index in [0.717, 1.165) is 30.2 Å². The van der Waals surface area contributed by atoms with Crippen LogP contribution in [0.3, 0.4) is 0 Å². The number of ether oxygens (including phenoxy) is 1. The number of hydrogen-bond donors (Lipinski definition) is 2. The van der Waals surface area contributed by atoms with Gasteiger partial charge in [-0.2, -0.15) is 0 Å². The van der Waals surface area contributed by atoms with E-state index >= 15 is 0 Å². The van der Waals surface area contributed by atoms with E-state index in [2.05, 4.69) is 20.5 Å². The summed E-state index contributed by atoms with van der Waals surface area (Å²) in [6, 6.07) is 3.97. The largest absolute Gasteiger partial charge is 0.370 e. The number of thiophene rings is 1. The summed E-state index contributed by atoms with van der Waals surface area (Å²) < 4.78 is 5.54. The molecule has 0 aliphatic carbocycles. The average Bonchev–Trinajstić information content (AvgIpc) is 3.24. The minimum atomic E-state index is -0.0168. The molecule has 1 fully saturated rings. The van der Waals surface area contributed by atoms with Crippen LogP contribution in [0.5, 0.6) is 0 Å². The predicted octanol–water partition coefficient (Wildman–Crippen LogP) is 2.13. The van der Waals surface area contributed by atoms with Gasteiger partial charge in [0.15, 0.2) is 5.82 Å². The summed E-state index contributed by atoms with van der Waals surface area (Å²) in [5.74, 6) is 1.06. The number of aromatic amines is 1. The van der Waals surface area contributed by atoms with Gasteiger partial charge in [-0.25, -0.2) is 4.98 Å². The lowest BCUT2D eigenvalue weighted by atomic mass is 10.2. The van der Waals surface area contributed by atoms with Crippen LogP contribution in [-0.4, -0.2) is 33.4 Å². The first-order valence-corrected chi connectivity index (χ1v) is 8.63. The molecule has 3 heterocycles. The Morgan fingerprint density at radius 2 is 2.57 bits per heavy atom. The lowest BCUT2D eigenvalue weighted by Crippen LogP contribution is -2.24. The molecule has 0 bridgehead atoms. The molecule has 1 amide bonds. The molecule has 21 heavy (non-hydrogen) atoms. The van der Waals surface area contributed by atoms with Crippen LogP contribution in [0.15, 0.2) is 22.7 Å². The van der Waals surface area contributed by atoms with Crippen LogP contribution in [0.1, 0.15) is 29.6 Å². The molecule has 0 aromatic carbocycles. The summed E-state index contributed by atoms with van der Waals surface area (Å²) in [6.45, 7) is 1.35. The zero-order valence-corrected chi connectivity index (χ0v) is 13.0. The highest BCUT2D eigenvalue weighted by Crippen LogP contribution is 2.26. The second-order valence-corrected chi connectivity index (χ2v) is 6.62. The van der Waals surface area contributed by atoms with Crippen molar-refractivity contribution >= 4 is 29.0 Å². The van der Waals surface area contributed by atoms with Crippen LogP contribution in [-0.2, 0) is 16.1 Å². The van der Waals surface area contributed by atoms with Crippen molar-refractivity contribution in [1.29, 1.82) is 0 Å². The second-order valence-electron chi connectivity index (χ2n) is 4.65. The van der Waals surface area contributed by atoms with Crippen LogP contribution < -0.4 is 5.32 Å². The van der Waals surface area contributed by atoms with Gasteiger partial charge in [0.2, 0.25) is 11.1 Å².